The number of benzene rings is 3. The van der Waals surface area contributed by atoms with Gasteiger partial charge in [0.1, 0.15) is 0 Å². The van der Waals surface area contributed by atoms with Crippen LogP contribution in [0.4, 0.5) is 0 Å². The quantitative estimate of drug-likeness (QED) is 0.164. The molecular weight excluding hydrogens is 657 g/mol. The minimum absolute atomic E-state index is 0.194. The van der Waals surface area contributed by atoms with Crippen molar-refractivity contribution in [2.24, 2.45) is 4.99 Å². The third kappa shape index (κ3) is 5.09. The number of halogens is 1. The average Bonchev–Trinajstić information content (AvgIpc) is 3.47. The summed E-state index contributed by atoms with van der Waals surface area (Å²) in [5, 5.41) is 0. The standard InChI is InChI=1S/C34H28IN3O3S/c1-4-41-33(40)29-30(23-11-7-5-8-12-23)36-34-38(31(29)24-13-9-6-10-14-24)32(39)28(42-34)20-25-19-21(2)37(22(25)3)27-17-15-26(35)16-18-27/h5-20,31H,4H2,1-3H3/b28-20-/t31-/m1/s1. The highest BCUT2D eigenvalue weighted by atomic mass is 127. The van der Waals surface area contributed by atoms with Gasteiger partial charge in [-0.25, -0.2) is 9.79 Å². The predicted octanol–water partition coefficient (Wildman–Crippen LogP) is 5.95. The lowest BCUT2D eigenvalue weighted by molar-refractivity contribution is -0.138. The van der Waals surface area contributed by atoms with E-state index in [1.54, 1.807) is 11.5 Å². The van der Waals surface area contributed by atoms with E-state index in [-0.39, 0.29) is 12.2 Å². The Labute approximate surface area is 261 Å². The minimum Gasteiger partial charge on any atom is -0.463 e. The molecule has 42 heavy (non-hydrogen) atoms. The lowest BCUT2D eigenvalue weighted by atomic mass is 9.93. The van der Waals surface area contributed by atoms with Crippen molar-refractivity contribution < 1.29 is 9.53 Å². The average molecular weight is 686 g/mol. The van der Waals surface area contributed by atoms with E-state index < -0.39 is 12.0 Å². The van der Waals surface area contributed by atoms with Gasteiger partial charge < -0.3 is 9.30 Å². The Kier molecular flexibility index (Phi) is 7.83. The van der Waals surface area contributed by atoms with Gasteiger partial charge in [0.2, 0.25) is 0 Å². The van der Waals surface area contributed by atoms with Crippen LogP contribution in [0, 0.1) is 17.4 Å². The summed E-state index contributed by atoms with van der Waals surface area (Å²) in [7, 11) is 0. The molecule has 6 rings (SSSR count). The second-order valence-electron chi connectivity index (χ2n) is 9.98. The van der Waals surface area contributed by atoms with Crippen LogP contribution in [0.15, 0.2) is 106 Å². The van der Waals surface area contributed by atoms with Crippen LogP contribution in [0.2, 0.25) is 0 Å². The van der Waals surface area contributed by atoms with Gasteiger partial charge in [-0.15, -0.1) is 0 Å². The van der Waals surface area contributed by atoms with E-state index in [2.05, 4.69) is 71.3 Å². The number of carbonyl (C=O) groups excluding carboxylic acids is 1. The molecule has 0 saturated carbocycles. The molecular formula is C34H28IN3O3S. The first-order valence-electron chi connectivity index (χ1n) is 13.7. The highest BCUT2D eigenvalue weighted by Crippen LogP contribution is 2.35. The van der Waals surface area contributed by atoms with Crippen LogP contribution in [0.5, 0.6) is 0 Å². The van der Waals surface area contributed by atoms with E-state index in [1.165, 1.54) is 14.9 Å². The Bertz CT molecular complexity index is 2000. The number of aromatic nitrogens is 2. The van der Waals surface area contributed by atoms with Gasteiger partial charge in [0.25, 0.3) is 5.56 Å². The third-order valence-electron chi connectivity index (χ3n) is 7.33. The molecule has 0 unspecified atom stereocenters. The maximum atomic E-state index is 14.2. The van der Waals surface area contributed by atoms with Crippen molar-refractivity contribution in [3.05, 3.63) is 148 Å². The number of hydrogen-bond acceptors (Lipinski definition) is 5. The Hall–Kier alpha value is -4.02. The van der Waals surface area contributed by atoms with Crippen molar-refractivity contribution in [2.75, 3.05) is 6.61 Å². The van der Waals surface area contributed by atoms with Crippen LogP contribution in [-0.2, 0) is 9.53 Å². The van der Waals surface area contributed by atoms with E-state index in [4.69, 9.17) is 9.73 Å². The van der Waals surface area contributed by atoms with E-state index in [1.807, 2.05) is 66.7 Å². The normalized spacial score (nSPS) is 15.0. The first kappa shape index (κ1) is 28.1. The molecule has 210 valence electrons. The second-order valence-corrected chi connectivity index (χ2v) is 12.2. The molecule has 3 aromatic carbocycles. The van der Waals surface area contributed by atoms with Crippen LogP contribution in [0.3, 0.4) is 0 Å². The highest BCUT2D eigenvalue weighted by molar-refractivity contribution is 14.1. The van der Waals surface area contributed by atoms with Gasteiger partial charge in [-0.05, 0) is 90.9 Å². The summed E-state index contributed by atoms with van der Waals surface area (Å²) >= 11 is 3.64. The van der Waals surface area contributed by atoms with Crippen molar-refractivity contribution in [3.8, 4) is 5.69 Å². The van der Waals surface area contributed by atoms with Gasteiger partial charge in [0, 0.05) is 26.2 Å². The lowest BCUT2D eigenvalue weighted by Gasteiger charge is -2.25. The van der Waals surface area contributed by atoms with Crippen molar-refractivity contribution in [3.63, 3.8) is 0 Å². The number of ether oxygens (including phenoxy) is 1. The van der Waals surface area contributed by atoms with Crippen LogP contribution in [-0.4, -0.2) is 21.7 Å². The number of hydrogen-bond donors (Lipinski definition) is 0. The molecule has 6 nitrogen and oxygen atoms in total. The predicted molar refractivity (Wildman–Crippen MR) is 175 cm³/mol. The molecule has 0 aliphatic carbocycles. The summed E-state index contributed by atoms with van der Waals surface area (Å²) in [6.45, 7) is 6.12. The largest absolute Gasteiger partial charge is 0.463 e. The fourth-order valence-corrected chi connectivity index (χ4v) is 6.80. The molecule has 5 aromatic rings. The van der Waals surface area contributed by atoms with Crippen molar-refractivity contribution >= 4 is 51.7 Å². The molecule has 0 saturated heterocycles. The molecule has 8 heteroatoms. The van der Waals surface area contributed by atoms with Crippen LogP contribution in [0.1, 0.15) is 41.0 Å². The Balaban J connectivity index is 1.59. The second kappa shape index (κ2) is 11.7. The summed E-state index contributed by atoms with van der Waals surface area (Å²) in [4.78, 5) is 33.2. The molecule has 0 fully saturated rings. The van der Waals surface area contributed by atoms with Gasteiger partial charge in [0.05, 0.1) is 28.5 Å². The molecule has 1 aliphatic heterocycles. The zero-order valence-electron chi connectivity index (χ0n) is 23.4. The zero-order chi connectivity index (χ0) is 29.4. The fraction of sp³-hybridized carbons (Fsp3) is 0.147. The Morgan fingerprint density at radius 2 is 1.67 bits per heavy atom. The highest BCUT2D eigenvalue weighted by Gasteiger charge is 2.35. The molecule has 3 heterocycles. The molecule has 0 bridgehead atoms. The number of nitrogens with zero attached hydrogens (tertiary/aromatic N) is 3. The van der Waals surface area contributed by atoms with E-state index in [0.717, 1.165) is 33.8 Å². The molecule has 0 spiro atoms. The van der Waals surface area contributed by atoms with Crippen molar-refractivity contribution in [1.82, 2.24) is 9.13 Å². The number of rotatable bonds is 6. The number of thiazole rings is 1. The molecule has 0 radical (unpaired) electrons. The van der Waals surface area contributed by atoms with E-state index >= 15 is 0 Å². The minimum atomic E-state index is -0.682. The van der Waals surface area contributed by atoms with Crippen LogP contribution < -0.4 is 14.9 Å². The van der Waals surface area contributed by atoms with Gasteiger partial charge in [-0.3, -0.25) is 9.36 Å². The smallest absolute Gasteiger partial charge is 0.338 e. The maximum Gasteiger partial charge on any atom is 0.338 e. The van der Waals surface area contributed by atoms with Gasteiger partial charge in [-0.2, -0.15) is 0 Å². The summed E-state index contributed by atoms with van der Waals surface area (Å²) in [6, 6.07) is 29.0. The number of esters is 1. The van der Waals surface area contributed by atoms with Gasteiger partial charge in [0.15, 0.2) is 4.80 Å². The van der Waals surface area contributed by atoms with Crippen molar-refractivity contribution in [1.29, 1.82) is 0 Å². The van der Waals surface area contributed by atoms with E-state index in [0.29, 0.717) is 20.6 Å². The number of fused-ring (bicyclic) bond motifs is 1. The summed E-state index contributed by atoms with van der Waals surface area (Å²) in [5.41, 5.74) is 6.43. The lowest BCUT2D eigenvalue weighted by Crippen LogP contribution is -2.40. The maximum absolute atomic E-state index is 14.2. The summed E-state index contributed by atoms with van der Waals surface area (Å²) in [5.74, 6) is -0.482. The van der Waals surface area contributed by atoms with Crippen LogP contribution in [0.25, 0.3) is 17.5 Å². The summed E-state index contributed by atoms with van der Waals surface area (Å²) in [6.07, 6.45) is 1.94. The first-order valence-corrected chi connectivity index (χ1v) is 15.5. The van der Waals surface area contributed by atoms with Gasteiger partial charge in [-0.1, -0.05) is 72.0 Å². The Morgan fingerprint density at radius 1 is 1.00 bits per heavy atom. The molecule has 0 N–H and O–H groups in total. The molecule has 1 aliphatic rings. The van der Waals surface area contributed by atoms with E-state index in [9.17, 15) is 9.59 Å². The monoisotopic (exact) mass is 685 g/mol. The van der Waals surface area contributed by atoms with Crippen LogP contribution >= 0.6 is 33.9 Å². The van der Waals surface area contributed by atoms with Crippen molar-refractivity contribution in [2.45, 2.75) is 26.8 Å². The SMILES string of the molecule is CCOC(=O)C1=C(c2ccccc2)N=c2s/c(=C\c3cc(C)n(-c4ccc(I)cc4)c3C)c(=O)n2[C@@H]1c1ccccc1. The topological polar surface area (TPSA) is 65.6 Å². The third-order valence-corrected chi connectivity index (χ3v) is 9.03. The summed E-state index contributed by atoms with van der Waals surface area (Å²) < 4.78 is 11.1. The Morgan fingerprint density at radius 3 is 2.33 bits per heavy atom. The number of aryl methyl sites for hydroxylation is 1. The first-order chi connectivity index (χ1) is 20.4. The molecule has 1 atom stereocenters. The zero-order valence-corrected chi connectivity index (χ0v) is 26.3. The fourth-order valence-electron chi connectivity index (χ4n) is 5.45. The molecule has 0 amide bonds. The number of carbonyl (C=O) groups is 1. The van der Waals surface area contributed by atoms with Gasteiger partial charge >= 0.3 is 5.97 Å². The molecule has 2 aromatic heterocycles.